The number of hydrogen-bond acceptors (Lipinski definition) is 3. The van der Waals surface area contributed by atoms with E-state index in [4.69, 9.17) is 4.74 Å². The van der Waals surface area contributed by atoms with E-state index in [0.717, 1.165) is 35.5 Å². The fourth-order valence-electron chi connectivity index (χ4n) is 4.62. The minimum absolute atomic E-state index is 0.00976. The maximum atomic E-state index is 13.4. The number of carbonyl (C=O) groups is 1. The molecule has 0 radical (unpaired) electrons. The van der Waals surface area contributed by atoms with Gasteiger partial charge in [-0.3, -0.25) is 4.79 Å². The lowest BCUT2D eigenvalue weighted by atomic mass is 9.97. The molecule has 4 rings (SSSR count). The zero-order chi connectivity index (χ0) is 24.9. The highest BCUT2D eigenvalue weighted by atomic mass is 16.5. The molecule has 4 aromatic rings. The van der Waals surface area contributed by atoms with Crippen LogP contribution in [0.3, 0.4) is 0 Å². The van der Waals surface area contributed by atoms with Crippen LogP contribution in [0.25, 0.3) is 21.9 Å². The summed E-state index contributed by atoms with van der Waals surface area (Å²) in [5.74, 6) is 0.837. The summed E-state index contributed by atoms with van der Waals surface area (Å²) < 4.78 is 5.24. The molecule has 0 heterocycles. The third-order valence-electron chi connectivity index (χ3n) is 6.93. The summed E-state index contributed by atoms with van der Waals surface area (Å²) >= 11 is 0. The van der Waals surface area contributed by atoms with E-state index < -0.39 is 0 Å². The Labute approximate surface area is 208 Å². The van der Waals surface area contributed by atoms with Gasteiger partial charge in [-0.05, 0) is 84.6 Å². The van der Waals surface area contributed by atoms with Crippen molar-refractivity contribution < 1.29 is 9.53 Å². The summed E-state index contributed by atoms with van der Waals surface area (Å²) in [5, 5.41) is 2.38. The summed E-state index contributed by atoms with van der Waals surface area (Å²) in [4.78, 5) is 17.5. The second-order valence-corrected chi connectivity index (χ2v) is 8.82. The fraction of sp³-hybridized carbons (Fsp3) is 0.258. The minimum Gasteiger partial charge on any atom is -0.497 e. The molecule has 0 bridgehead atoms. The average molecular weight is 467 g/mol. The molecule has 0 fully saturated rings. The molecule has 4 nitrogen and oxygen atoms in total. The van der Waals surface area contributed by atoms with E-state index in [1.54, 1.807) is 7.11 Å². The molecule has 180 valence electrons. The highest BCUT2D eigenvalue weighted by Crippen LogP contribution is 2.31. The molecule has 0 aliphatic carbocycles. The van der Waals surface area contributed by atoms with Crippen molar-refractivity contribution in [1.82, 2.24) is 4.90 Å². The lowest BCUT2D eigenvalue weighted by Gasteiger charge is -2.27. The van der Waals surface area contributed by atoms with Crippen molar-refractivity contribution >= 4 is 22.4 Å². The zero-order valence-corrected chi connectivity index (χ0v) is 21.3. The predicted octanol–water partition coefficient (Wildman–Crippen LogP) is 7.19. The van der Waals surface area contributed by atoms with Crippen LogP contribution in [0.5, 0.6) is 5.75 Å². The maximum absolute atomic E-state index is 13.4. The lowest BCUT2D eigenvalue weighted by Crippen LogP contribution is -2.29. The summed E-state index contributed by atoms with van der Waals surface area (Å²) in [6, 6.07) is 28.7. The number of methoxy groups -OCH3 is 1. The van der Waals surface area contributed by atoms with Gasteiger partial charge < -0.3 is 14.5 Å². The van der Waals surface area contributed by atoms with Crippen LogP contribution in [0, 0.1) is 0 Å². The number of benzene rings is 4. The molecule has 0 aromatic heterocycles. The number of amides is 1. The Bertz CT molecular complexity index is 1290. The number of ether oxygens (including phenoxy) is 1. The largest absolute Gasteiger partial charge is 0.497 e. The van der Waals surface area contributed by atoms with Gasteiger partial charge in [0.1, 0.15) is 5.75 Å². The van der Waals surface area contributed by atoms with Crippen molar-refractivity contribution in [2.75, 3.05) is 32.1 Å². The van der Waals surface area contributed by atoms with Gasteiger partial charge in [-0.1, -0.05) is 48.5 Å². The second kappa shape index (κ2) is 10.6. The van der Waals surface area contributed by atoms with Crippen LogP contribution in [0.2, 0.25) is 0 Å². The Morgan fingerprint density at radius 3 is 2.09 bits per heavy atom. The Morgan fingerprint density at radius 2 is 1.49 bits per heavy atom. The molecule has 1 atom stereocenters. The molecule has 1 amide bonds. The van der Waals surface area contributed by atoms with E-state index >= 15 is 0 Å². The topological polar surface area (TPSA) is 32.8 Å². The first-order valence-electron chi connectivity index (χ1n) is 12.3. The van der Waals surface area contributed by atoms with Gasteiger partial charge in [0.2, 0.25) is 0 Å². The monoisotopic (exact) mass is 466 g/mol. The molecule has 0 aliphatic rings. The first-order valence-corrected chi connectivity index (χ1v) is 12.3. The van der Waals surface area contributed by atoms with Gasteiger partial charge >= 0.3 is 0 Å². The Morgan fingerprint density at radius 1 is 0.857 bits per heavy atom. The van der Waals surface area contributed by atoms with Crippen molar-refractivity contribution in [3.8, 4) is 16.9 Å². The smallest absolute Gasteiger partial charge is 0.254 e. The fourth-order valence-corrected chi connectivity index (χ4v) is 4.62. The average Bonchev–Trinajstić information content (AvgIpc) is 2.92. The number of nitrogens with zero attached hydrogens (tertiary/aromatic N) is 2. The number of rotatable bonds is 8. The van der Waals surface area contributed by atoms with Crippen molar-refractivity contribution in [2.24, 2.45) is 0 Å². The molecule has 4 aromatic carbocycles. The molecule has 0 saturated heterocycles. The molecule has 0 saturated carbocycles. The van der Waals surface area contributed by atoms with E-state index in [-0.39, 0.29) is 11.9 Å². The summed E-state index contributed by atoms with van der Waals surface area (Å²) in [7, 11) is 3.54. The third kappa shape index (κ3) is 5.02. The van der Waals surface area contributed by atoms with Crippen molar-refractivity contribution in [3.63, 3.8) is 0 Å². The molecule has 4 heteroatoms. The lowest BCUT2D eigenvalue weighted by molar-refractivity contribution is 0.0743. The van der Waals surface area contributed by atoms with E-state index in [9.17, 15) is 4.79 Å². The van der Waals surface area contributed by atoms with E-state index in [1.165, 1.54) is 16.5 Å². The highest BCUT2D eigenvalue weighted by Gasteiger charge is 2.21. The van der Waals surface area contributed by atoms with Crippen molar-refractivity contribution in [1.29, 1.82) is 0 Å². The summed E-state index contributed by atoms with van der Waals surface area (Å²) in [6.07, 6.45) is 0. The van der Waals surface area contributed by atoms with Crippen molar-refractivity contribution in [2.45, 2.75) is 26.8 Å². The number of carbonyl (C=O) groups excluding carboxylic acids is 1. The van der Waals surface area contributed by atoms with E-state index in [2.05, 4.69) is 62.1 Å². The van der Waals surface area contributed by atoms with E-state index in [0.29, 0.717) is 5.56 Å². The van der Waals surface area contributed by atoms with Crippen LogP contribution in [-0.4, -0.2) is 38.1 Å². The van der Waals surface area contributed by atoms with Crippen LogP contribution in [0.15, 0.2) is 84.9 Å². The van der Waals surface area contributed by atoms with Gasteiger partial charge in [-0.2, -0.15) is 0 Å². The Kier molecular flexibility index (Phi) is 7.40. The third-order valence-corrected chi connectivity index (χ3v) is 6.93. The van der Waals surface area contributed by atoms with Crippen LogP contribution in [0.1, 0.15) is 42.7 Å². The number of fused-ring (bicyclic) bond motifs is 1. The van der Waals surface area contributed by atoms with Crippen LogP contribution < -0.4 is 9.64 Å². The van der Waals surface area contributed by atoms with Gasteiger partial charge in [0.25, 0.3) is 5.91 Å². The Hall–Kier alpha value is -3.79. The minimum atomic E-state index is -0.0632. The van der Waals surface area contributed by atoms with Gasteiger partial charge in [0.05, 0.1) is 13.2 Å². The van der Waals surface area contributed by atoms with E-state index in [1.807, 2.05) is 60.5 Å². The van der Waals surface area contributed by atoms with Crippen LogP contribution in [0.4, 0.5) is 5.69 Å². The normalized spacial score (nSPS) is 11.8. The molecular formula is C31H34N2O2. The van der Waals surface area contributed by atoms with Crippen LogP contribution in [-0.2, 0) is 0 Å². The van der Waals surface area contributed by atoms with Gasteiger partial charge in [0, 0.05) is 31.4 Å². The molecule has 0 N–H and O–H groups in total. The van der Waals surface area contributed by atoms with Gasteiger partial charge in [-0.25, -0.2) is 0 Å². The summed E-state index contributed by atoms with van der Waals surface area (Å²) in [6.45, 7) is 8.41. The molecule has 0 spiro atoms. The predicted molar refractivity (Wildman–Crippen MR) is 146 cm³/mol. The molecule has 1 unspecified atom stereocenters. The molecular weight excluding hydrogens is 432 g/mol. The Balaban J connectivity index is 1.55. The first-order chi connectivity index (χ1) is 17.0. The number of anilines is 1. The summed E-state index contributed by atoms with van der Waals surface area (Å²) in [5.41, 5.74) is 5.22. The second-order valence-electron chi connectivity index (χ2n) is 8.82. The molecule has 0 aliphatic heterocycles. The highest BCUT2D eigenvalue weighted by molar-refractivity contribution is 5.95. The SMILES string of the molecule is CCN(CC)c1ccc2c(C(C)N(C)C(=O)c3ccc(-c4ccc(OC)cc4)cc3)cccc2c1. The quantitative estimate of drug-likeness (QED) is 0.275. The zero-order valence-electron chi connectivity index (χ0n) is 21.3. The van der Waals surface area contributed by atoms with Crippen LogP contribution >= 0.6 is 0 Å². The maximum Gasteiger partial charge on any atom is 0.254 e. The number of hydrogen-bond donors (Lipinski definition) is 0. The van der Waals surface area contributed by atoms with Gasteiger partial charge in [-0.15, -0.1) is 0 Å². The van der Waals surface area contributed by atoms with Gasteiger partial charge in [0.15, 0.2) is 0 Å². The first kappa shape index (κ1) is 24.3. The molecule has 35 heavy (non-hydrogen) atoms. The van der Waals surface area contributed by atoms with Crippen molar-refractivity contribution in [3.05, 3.63) is 96.1 Å². The standard InChI is InChI=1S/C31H34N2O2/c1-6-33(7-2)27-17-20-30-26(21-27)9-8-10-29(30)22(3)32(4)31(34)25-13-11-23(12-14-25)24-15-18-28(35-5)19-16-24/h8-22H,6-7H2,1-5H3.